The number of primary sulfonamides is 1. The van der Waals surface area contributed by atoms with E-state index in [9.17, 15) is 13.2 Å². The lowest BCUT2D eigenvalue weighted by atomic mass is 10.3. The molecule has 0 spiro atoms. The Bertz CT molecular complexity index is 776. The Morgan fingerprint density at radius 3 is 2.50 bits per heavy atom. The number of rotatable bonds is 5. The van der Waals surface area contributed by atoms with E-state index in [1.807, 2.05) is 0 Å². The SMILES string of the molecule is NS(=O)(=O)c1cccc(NC(=O)COc2ccc(Br)cc2)c1. The molecule has 0 aromatic heterocycles. The van der Waals surface area contributed by atoms with Crippen LogP contribution in [0.25, 0.3) is 0 Å². The van der Waals surface area contributed by atoms with Crippen molar-refractivity contribution < 1.29 is 17.9 Å². The third-order valence-corrected chi connectivity index (χ3v) is 4.07. The molecule has 3 N–H and O–H groups in total. The predicted octanol–water partition coefficient (Wildman–Crippen LogP) is 2.11. The number of ether oxygens (including phenoxy) is 1. The number of amides is 1. The van der Waals surface area contributed by atoms with Crippen LogP contribution in [0.4, 0.5) is 5.69 Å². The summed E-state index contributed by atoms with van der Waals surface area (Å²) in [5.74, 6) is 0.145. The normalized spacial score (nSPS) is 11.0. The third-order valence-electron chi connectivity index (χ3n) is 2.63. The summed E-state index contributed by atoms with van der Waals surface area (Å²) in [7, 11) is -3.81. The van der Waals surface area contributed by atoms with E-state index >= 15 is 0 Å². The Balaban J connectivity index is 1.96. The van der Waals surface area contributed by atoms with Crippen LogP contribution in [0, 0.1) is 0 Å². The lowest BCUT2D eigenvalue weighted by Crippen LogP contribution is -2.20. The molecule has 0 bridgehead atoms. The number of nitrogens with two attached hydrogens (primary N) is 1. The number of halogens is 1. The van der Waals surface area contributed by atoms with Gasteiger partial charge in [-0.15, -0.1) is 0 Å². The van der Waals surface area contributed by atoms with Crippen molar-refractivity contribution in [2.75, 3.05) is 11.9 Å². The van der Waals surface area contributed by atoms with Crippen LogP contribution in [0.1, 0.15) is 0 Å². The maximum Gasteiger partial charge on any atom is 0.262 e. The van der Waals surface area contributed by atoms with Crippen LogP contribution < -0.4 is 15.2 Å². The van der Waals surface area contributed by atoms with Crippen LogP contribution in [0.2, 0.25) is 0 Å². The van der Waals surface area contributed by atoms with E-state index in [0.29, 0.717) is 11.4 Å². The van der Waals surface area contributed by atoms with Gasteiger partial charge in [0.1, 0.15) is 5.75 Å². The quantitative estimate of drug-likeness (QED) is 0.824. The van der Waals surface area contributed by atoms with Gasteiger partial charge in [0.2, 0.25) is 10.0 Å². The lowest BCUT2D eigenvalue weighted by molar-refractivity contribution is -0.118. The largest absolute Gasteiger partial charge is 0.484 e. The van der Waals surface area contributed by atoms with Crippen LogP contribution in [-0.2, 0) is 14.8 Å². The highest BCUT2D eigenvalue weighted by molar-refractivity contribution is 9.10. The van der Waals surface area contributed by atoms with Crippen LogP contribution in [-0.4, -0.2) is 20.9 Å². The minimum atomic E-state index is -3.81. The molecule has 0 fully saturated rings. The maximum atomic E-state index is 11.8. The number of hydrogen-bond acceptors (Lipinski definition) is 4. The van der Waals surface area contributed by atoms with E-state index in [2.05, 4.69) is 21.2 Å². The molecule has 2 aromatic rings. The highest BCUT2D eigenvalue weighted by Gasteiger charge is 2.09. The van der Waals surface area contributed by atoms with E-state index in [-0.39, 0.29) is 11.5 Å². The highest BCUT2D eigenvalue weighted by atomic mass is 79.9. The summed E-state index contributed by atoms with van der Waals surface area (Å²) >= 11 is 3.30. The molecular weight excluding hydrogens is 372 g/mol. The zero-order chi connectivity index (χ0) is 16.2. The summed E-state index contributed by atoms with van der Waals surface area (Å²) in [6.45, 7) is -0.193. The molecule has 2 aromatic carbocycles. The molecule has 2 rings (SSSR count). The fourth-order valence-corrected chi connectivity index (χ4v) is 2.45. The molecular formula is C14H13BrN2O4S. The van der Waals surface area contributed by atoms with Gasteiger partial charge in [-0.1, -0.05) is 22.0 Å². The first-order valence-electron chi connectivity index (χ1n) is 6.16. The lowest BCUT2D eigenvalue weighted by Gasteiger charge is -2.08. The molecule has 0 aliphatic carbocycles. The Morgan fingerprint density at radius 2 is 1.86 bits per heavy atom. The molecule has 0 atom stereocenters. The van der Waals surface area contributed by atoms with Gasteiger partial charge in [0.05, 0.1) is 4.90 Å². The zero-order valence-corrected chi connectivity index (χ0v) is 13.7. The number of carbonyl (C=O) groups is 1. The highest BCUT2D eigenvalue weighted by Crippen LogP contribution is 2.17. The average Bonchev–Trinajstić information content (AvgIpc) is 2.46. The summed E-state index contributed by atoms with van der Waals surface area (Å²) in [5.41, 5.74) is 0.330. The third kappa shape index (κ3) is 4.83. The van der Waals surface area contributed by atoms with Crippen molar-refractivity contribution in [1.82, 2.24) is 0 Å². The Morgan fingerprint density at radius 1 is 1.18 bits per heavy atom. The molecule has 0 aliphatic heterocycles. The van der Waals surface area contributed by atoms with Gasteiger partial charge < -0.3 is 10.1 Å². The van der Waals surface area contributed by atoms with Gasteiger partial charge in [0.15, 0.2) is 6.61 Å². The molecule has 22 heavy (non-hydrogen) atoms. The van der Waals surface area contributed by atoms with Crippen molar-refractivity contribution in [2.45, 2.75) is 4.90 Å². The Labute approximate surface area is 136 Å². The van der Waals surface area contributed by atoms with Gasteiger partial charge in [-0.2, -0.15) is 0 Å². The predicted molar refractivity (Wildman–Crippen MR) is 86.1 cm³/mol. The number of sulfonamides is 1. The van der Waals surface area contributed by atoms with Crippen molar-refractivity contribution in [2.24, 2.45) is 5.14 Å². The smallest absolute Gasteiger partial charge is 0.262 e. The maximum absolute atomic E-state index is 11.8. The summed E-state index contributed by atoms with van der Waals surface area (Å²) in [4.78, 5) is 11.7. The number of carbonyl (C=O) groups excluding carboxylic acids is 1. The van der Waals surface area contributed by atoms with Gasteiger partial charge in [-0.05, 0) is 42.5 Å². The molecule has 0 saturated heterocycles. The molecule has 0 heterocycles. The fourth-order valence-electron chi connectivity index (χ4n) is 1.63. The Kier molecular flexibility index (Phi) is 5.17. The van der Waals surface area contributed by atoms with Gasteiger partial charge in [-0.25, -0.2) is 13.6 Å². The monoisotopic (exact) mass is 384 g/mol. The molecule has 8 heteroatoms. The first-order chi connectivity index (χ1) is 10.3. The number of benzene rings is 2. The summed E-state index contributed by atoms with van der Waals surface area (Å²) in [6.07, 6.45) is 0. The number of nitrogens with one attached hydrogen (secondary N) is 1. The van der Waals surface area contributed by atoms with Gasteiger partial charge in [-0.3, -0.25) is 4.79 Å². The molecule has 0 radical (unpaired) electrons. The Hall–Kier alpha value is -1.90. The average molecular weight is 385 g/mol. The standard InChI is InChI=1S/C14H13BrN2O4S/c15-10-4-6-12(7-5-10)21-9-14(18)17-11-2-1-3-13(8-11)22(16,19)20/h1-8H,9H2,(H,17,18)(H2,16,19,20). The second-order valence-corrected chi connectivity index (χ2v) is 6.84. The van der Waals surface area contributed by atoms with E-state index in [1.54, 1.807) is 30.3 Å². The molecule has 0 unspecified atom stereocenters. The minimum absolute atomic E-state index is 0.0703. The van der Waals surface area contributed by atoms with Gasteiger partial charge in [0.25, 0.3) is 5.91 Å². The van der Waals surface area contributed by atoms with Crippen molar-refractivity contribution in [3.63, 3.8) is 0 Å². The fraction of sp³-hybridized carbons (Fsp3) is 0.0714. The summed E-state index contributed by atoms with van der Waals surface area (Å²) in [6, 6.07) is 12.7. The molecule has 1 amide bonds. The van der Waals surface area contributed by atoms with Gasteiger partial charge >= 0.3 is 0 Å². The van der Waals surface area contributed by atoms with Crippen LogP contribution in [0.15, 0.2) is 57.9 Å². The first-order valence-corrected chi connectivity index (χ1v) is 8.49. The first kappa shape index (κ1) is 16.5. The van der Waals surface area contributed by atoms with Crippen molar-refractivity contribution in [3.05, 3.63) is 53.0 Å². The molecule has 116 valence electrons. The molecule has 0 saturated carbocycles. The summed E-state index contributed by atoms with van der Waals surface area (Å²) < 4.78 is 28.7. The van der Waals surface area contributed by atoms with Crippen molar-refractivity contribution >= 4 is 37.5 Å². The van der Waals surface area contributed by atoms with Crippen LogP contribution in [0.3, 0.4) is 0 Å². The number of hydrogen-bond donors (Lipinski definition) is 2. The molecule has 0 aliphatic rings. The summed E-state index contributed by atoms with van der Waals surface area (Å²) in [5, 5.41) is 7.58. The van der Waals surface area contributed by atoms with Crippen molar-refractivity contribution in [3.8, 4) is 5.75 Å². The minimum Gasteiger partial charge on any atom is -0.484 e. The second-order valence-electron chi connectivity index (χ2n) is 4.36. The van der Waals surface area contributed by atoms with E-state index in [4.69, 9.17) is 9.88 Å². The van der Waals surface area contributed by atoms with Crippen LogP contribution >= 0.6 is 15.9 Å². The van der Waals surface area contributed by atoms with E-state index in [1.165, 1.54) is 18.2 Å². The van der Waals surface area contributed by atoms with E-state index in [0.717, 1.165) is 4.47 Å². The topological polar surface area (TPSA) is 98.5 Å². The van der Waals surface area contributed by atoms with Crippen molar-refractivity contribution in [1.29, 1.82) is 0 Å². The zero-order valence-electron chi connectivity index (χ0n) is 11.3. The second kappa shape index (κ2) is 6.91. The van der Waals surface area contributed by atoms with Gasteiger partial charge in [0, 0.05) is 10.2 Å². The van der Waals surface area contributed by atoms with Crippen LogP contribution in [0.5, 0.6) is 5.75 Å². The van der Waals surface area contributed by atoms with E-state index < -0.39 is 15.9 Å². The molecule has 6 nitrogen and oxygen atoms in total. The number of anilines is 1.